The molecule has 1 saturated heterocycles. The molecular weight excluding hydrogens is 260 g/mol. The normalized spacial score (nSPS) is 17.6. The quantitative estimate of drug-likeness (QED) is 0.783. The van der Waals surface area contributed by atoms with Crippen molar-refractivity contribution in [3.05, 3.63) is 48.7 Å². The number of aromatic amines is 1. The van der Waals surface area contributed by atoms with Crippen molar-refractivity contribution in [2.24, 2.45) is 0 Å². The van der Waals surface area contributed by atoms with Gasteiger partial charge in [0, 0.05) is 35.2 Å². The lowest BCUT2D eigenvalue weighted by Gasteiger charge is -2.28. The fourth-order valence-electron chi connectivity index (χ4n) is 3.36. The molecular formula is C17H20N4. The fourth-order valence-corrected chi connectivity index (χ4v) is 3.36. The minimum absolute atomic E-state index is 0.674. The van der Waals surface area contributed by atoms with Crippen molar-refractivity contribution < 1.29 is 0 Å². The van der Waals surface area contributed by atoms with E-state index < -0.39 is 0 Å². The number of imidazole rings is 1. The van der Waals surface area contributed by atoms with E-state index in [0.717, 1.165) is 0 Å². The maximum Gasteiger partial charge on any atom is 0.0991 e. The fraction of sp³-hybridized carbons (Fsp3) is 0.353. The SMILES string of the molecule is CN1CCC(c2c[nH]c3ccc(-n4ccnc4)cc23)CC1. The standard InChI is InChI=1S/C17H20N4/c1-20-7-4-13(5-8-20)16-11-19-17-3-2-14(10-15(16)17)21-9-6-18-12-21/h2-3,6,9-13,19H,4-5,7-8H2,1H3. The van der Waals surface area contributed by atoms with Crippen LogP contribution in [0.2, 0.25) is 0 Å². The van der Waals surface area contributed by atoms with Gasteiger partial charge in [-0.15, -0.1) is 0 Å². The third-order valence-corrected chi connectivity index (χ3v) is 4.66. The number of H-pyrrole nitrogens is 1. The van der Waals surface area contributed by atoms with Gasteiger partial charge in [-0.05, 0) is 62.7 Å². The largest absolute Gasteiger partial charge is 0.361 e. The highest BCUT2D eigenvalue weighted by Gasteiger charge is 2.21. The summed E-state index contributed by atoms with van der Waals surface area (Å²) in [6.45, 7) is 2.39. The average molecular weight is 280 g/mol. The van der Waals surface area contributed by atoms with Crippen molar-refractivity contribution in [1.82, 2.24) is 19.4 Å². The first-order valence-corrected chi connectivity index (χ1v) is 7.59. The van der Waals surface area contributed by atoms with E-state index in [1.165, 1.54) is 48.1 Å². The van der Waals surface area contributed by atoms with E-state index in [1.54, 1.807) is 0 Å². The van der Waals surface area contributed by atoms with Crippen molar-refractivity contribution >= 4 is 10.9 Å². The Balaban J connectivity index is 1.74. The molecule has 2 aromatic heterocycles. The molecule has 0 unspecified atom stereocenters. The second-order valence-electron chi connectivity index (χ2n) is 6.02. The lowest BCUT2D eigenvalue weighted by molar-refractivity contribution is 0.256. The Labute approximate surface area is 124 Å². The van der Waals surface area contributed by atoms with Crippen molar-refractivity contribution in [2.45, 2.75) is 18.8 Å². The Morgan fingerprint density at radius 1 is 1.24 bits per heavy atom. The number of nitrogens with one attached hydrogen (secondary N) is 1. The molecule has 0 bridgehead atoms. The molecule has 1 N–H and O–H groups in total. The number of piperidine rings is 1. The molecule has 4 nitrogen and oxygen atoms in total. The minimum atomic E-state index is 0.674. The zero-order chi connectivity index (χ0) is 14.2. The lowest BCUT2D eigenvalue weighted by Crippen LogP contribution is -2.29. The number of nitrogens with zero attached hydrogens (tertiary/aromatic N) is 3. The van der Waals surface area contributed by atoms with E-state index in [0.29, 0.717) is 5.92 Å². The van der Waals surface area contributed by atoms with Crippen LogP contribution < -0.4 is 0 Å². The Bertz CT molecular complexity index is 733. The summed E-state index contributed by atoms with van der Waals surface area (Å²) < 4.78 is 2.06. The van der Waals surface area contributed by atoms with Gasteiger partial charge >= 0.3 is 0 Å². The molecule has 1 fully saturated rings. The molecule has 3 heterocycles. The Kier molecular flexibility index (Phi) is 3.04. The second kappa shape index (κ2) is 5.04. The third-order valence-electron chi connectivity index (χ3n) is 4.66. The van der Waals surface area contributed by atoms with Gasteiger partial charge in [0.1, 0.15) is 0 Å². The topological polar surface area (TPSA) is 36.9 Å². The summed E-state index contributed by atoms with van der Waals surface area (Å²) in [7, 11) is 2.21. The maximum absolute atomic E-state index is 4.14. The predicted octanol–water partition coefficient (Wildman–Crippen LogP) is 3.16. The summed E-state index contributed by atoms with van der Waals surface area (Å²) in [6, 6.07) is 6.59. The van der Waals surface area contributed by atoms with E-state index in [-0.39, 0.29) is 0 Å². The van der Waals surface area contributed by atoms with Crippen LogP contribution in [0.1, 0.15) is 24.3 Å². The molecule has 0 atom stereocenters. The molecule has 0 spiro atoms. The van der Waals surface area contributed by atoms with Crippen LogP contribution in [0.25, 0.3) is 16.6 Å². The number of aromatic nitrogens is 3. The first-order valence-electron chi connectivity index (χ1n) is 7.59. The number of fused-ring (bicyclic) bond motifs is 1. The smallest absolute Gasteiger partial charge is 0.0991 e. The van der Waals surface area contributed by atoms with Crippen LogP contribution in [0.5, 0.6) is 0 Å². The highest BCUT2D eigenvalue weighted by Crippen LogP contribution is 2.33. The van der Waals surface area contributed by atoms with Gasteiger partial charge in [0.05, 0.1) is 6.33 Å². The van der Waals surface area contributed by atoms with Crippen LogP contribution in [0.4, 0.5) is 0 Å². The molecule has 21 heavy (non-hydrogen) atoms. The first kappa shape index (κ1) is 12.7. The van der Waals surface area contributed by atoms with Gasteiger partial charge in [-0.2, -0.15) is 0 Å². The molecule has 0 aliphatic carbocycles. The number of rotatable bonds is 2. The van der Waals surface area contributed by atoms with E-state index in [2.05, 4.69) is 50.9 Å². The van der Waals surface area contributed by atoms with Gasteiger partial charge in [-0.1, -0.05) is 0 Å². The highest BCUT2D eigenvalue weighted by atomic mass is 15.1. The molecule has 3 aromatic rings. The van der Waals surface area contributed by atoms with Gasteiger partial charge in [0.15, 0.2) is 0 Å². The molecule has 1 aliphatic heterocycles. The van der Waals surface area contributed by atoms with Crippen LogP contribution in [-0.2, 0) is 0 Å². The summed E-state index contributed by atoms with van der Waals surface area (Å²) in [5.41, 5.74) is 3.88. The maximum atomic E-state index is 4.14. The summed E-state index contributed by atoms with van der Waals surface area (Å²) in [6.07, 6.45) is 10.4. The first-order chi connectivity index (χ1) is 10.3. The van der Waals surface area contributed by atoms with E-state index in [4.69, 9.17) is 0 Å². The summed E-state index contributed by atoms with van der Waals surface area (Å²) in [4.78, 5) is 9.99. The minimum Gasteiger partial charge on any atom is -0.361 e. The van der Waals surface area contributed by atoms with Crippen LogP contribution in [-0.4, -0.2) is 39.6 Å². The second-order valence-corrected chi connectivity index (χ2v) is 6.02. The van der Waals surface area contributed by atoms with Gasteiger partial charge in [0.25, 0.3) is 0 Å². The Morgan fingerprint density at radius 2 is 2.10 bits per heavy atom. The Morgan fingerprint density at radius 3 is 2.86 bits per heavy atom. The van der Waals surface area contributed by atoms with E-state index in [1.807, 2.05) is 18.7 Å². The molecule has 0 amide bonds. The van der Waals surface area contributed by atoms with Gasteiger partial charge in [0.2, 0.25) is 0 Å². The number of hydrogen-bond donors (Lipinski definition) is 1. The lowest BCUT2D eigenvalue weighted by atomic mass is 9.89. The summed E-state index contributed by atoms with van der Waals surface area (Å²) in [5.74, 6) is 0.674. The Hall–Kier alpha value is -2.07. The summed E-state index contributed by atoms with van der Waals surface area (Å²) in [5, 5.41) is 1.36. The number of likely N-dealkylation sites (tertiary alicyclic amines) is 1. The van der Waals surface area contributed by atoms with Gasteiger partial charge in [-0.25, -0.2) is 4.98 Å². The molecule has 4 heteroatoms. The van der Waals surface area contributed by atoms with Crippen molar-refractivity contribution in [2.75, 3.05) is 20.1 Å². The van der Waals surface area contributed by atoms with Crippen LogP contribution in [0, 0.1) is 0 Å². The van der Waals surface area contributed by atoms with E-state index >= 15 is 0 Å². The van der Waals surface area contributed by atoms with Crippen LogP contribution >= 0.6 is 0 Å². The highest BCUT2D eigenvalue weighted by molar-refractivity contribution is 5.85. The number of benzene rings is 1. The molecule has 1 aliphatic rings. The monoisotopic (exact) mass is 280 g/mol. The zero-order valence-electron chi connectivity index (χ0n) is 12.3. The van der Waals surface area contributed by atoms with Crippen molar-refractivity contribution in [3.63, 3.8) is 0 Å². The van der Waals surface area contributed by atoms with Crippen molar-refractivity contribution in [3.8, 4) is 5.69 Å². The molecule has 0 saturated carbocycles. The molecule has 1 aromatic carbocycles. The van der Waals surface area contributed by atoms with Gasteiger partial charge in [-0.3, -0.25) is 0 Å². The number of hydrogen-bond acceptors (Lipinski definition) is 2. The van der Waals surface area contributed by atoms with Crippen LogP contribution in [0.15, 0.2) is 43.1 Å². The van der Waals surface area contributed by atoms with Gasteiger partial charge < -0.3 is 14.5 Å². The molecule has 108 valence electrons. The third kappa shape index (κ3) is 2.25. The van der Waals surface area contributed by atoms with Crippen molar-refractivity contribution in [1.29, 1.82) is 0 Å². The molecule has 4 rings (SSSR count). The van der Waals surface area contributed by atoms with E-state index in [9.17, 15) is 0 Å². The average Bonchev–Trinajstić information content (AvgIpc) is 3.17. The summed E-state index contributed by atoms with van der Waals surface area (Å²) >= 11 is 0. The molecule has 0 radical (unpaired) electrons. The van der Waals surface area contributed by atoms with Crippen LogP contribution in [0.3, 0.4) is 0 Å². The predicted molar refractivity (Wildman–Crippen MR) is 84.9 cm³/mol. The zero-order valence-corrected chi connectivity index (χ0v) is 12.3.